The third-order valence-corrected chi connectivity index (χ3v) is 4.77. The van der Waals surface area contributed by atoms with E-state index >= 15 is 0 Å². The van der Waals surface area contributed by atoms with E-state index < -0.39 is 11.4 Å². The zero-order chi connectivity index (χ0) is 17.2. The number of halogens is 1. The highest BCUT2D eigenvalue weighted by Gasteiger charge is 2.30. The first kappa shape index (κ1) is 16.4. The van der Waals surface area contributed by atoms with Crippen molar-refractivity contribution in [2.75, 3.05) is 11.1 Å². The summed E-state index contributed by atoms with van der Waals surface area (Å²) < 4.78 is 14.1. The molecule has 1 aliphatic heterocycles. The second kappa shape index (κ2) is 6.60. The van der Waals surface area contributed by atoms with Gasteiger partial charge in [-0.25, -0.2) is 4.39 Å². The number of nitrogens with one attached hydrogen (secondary N) is 1. The highest BCUT2D eigenvalue weighted by atomic mass is 32.2. The molecule has 2 heterocycles. The minimum Gasteiger partial charge on any atom is -0.379 e. The minimum atomic E-state index is -0.515. The molecule has 24 heavy (non-hydrogen) atoms. The van der Waals surface area contributed by atoms with Gasteiger partial charge in [-0.2, -0.15) is 0 Å². The number of anilines is 1. The van der Waals surface area contributed by atoms with E-state index in [1.54, 1.807) is 24.3 Å². The summed E-state index contributed by atoms with van der Waals surface area (Å²) in [5, 5.41) is 3.13. The number of amides is 1. The minimum absolute atomic E-state index is 0.127. The van der Waals surface area contributed by atoms with Gasteiger partial charge < -0.3 is 11.1 Å². The van der Waals surface area contributed by atoms with Crippen LogP contribution in [0.25, 0.3) is 0 Å². The summed E-state index contributed by atoms with van der Waals surface area (Å²) in [5.41, 5.74) is 6.68. The number of rotatable bonds is 3. The number of amidine groups is 1. The van der Waals surface area contributed by atoms with E-state index in [1.165, 1.54) is 30.2 Å². The standard InChI is InChI=1S/C17H17FN4OS/c1-17(6-9-24-16(19)22-17)12-2-3-13(18)14(10-12)21-15(23)11-4-7-20-8-5-11/h2-5,7-8,10H,6,9H2,1H3,(H2,19,22)(H,21,23). The molecule has 0 saturated heterocycles. The smallest absolute Gasteiger partial charge is 0.255 e. The Morgan fingerprint density at radius 1 is 1.33 bits per heavy atom. The Morgan fingerprint density at radius 2 is 2.08 bits per heavy atom. The van der Waals surface area contributed by atoms with Crippen molar-refractivity contribution >= 4 is 28.5 Å². The first-order chi connectivity index (χ1) is 11.5. The van der Waals surface area contributed by atoms with Crippen molar-refractivity contribution in [3.05, 3.63) is 59.7 Å². The van der Waals surface area contributed by atoms with Gasteiger partial charge in [0.2, 0.25) is 0 Å². The molecule has 1 atom stereocenters. The lowest BCUT2D eigenvalue weighted by Gasteiger charge is -2.30. The van der Waals surface area contributed by atoms with E-state index in [4.69, 9.17) is 5.73 Å². The molecule has 124 valence electrons. The maximum absolute atomic E-state index is 14.1. The molecule has 3 rings (SSSR count). The lowest BCUT2D eigenvalue weighted by Crippen LogP contribution is -2.29. The summed E-state index contributed by atoms with van der Waals surface area (Å²) in [6.45, 7) is 1.96. The maximum atomic E-state index is 14.1. The monoisotopic (exact) mass is 344 g/mol. The van der Waals surface area contributed by atoms with Gasteiger partial charge in [0.05, 0.1) is 11.2 Å². The fourth-order valence-corrected chi connectivity index (χ4v) is 3.52. The number of hydrogen-bond acceptors (Lipinski definition) is 5. The molecule has 0 radical (unpaired) electrons. The third kappa shape index (κ3) is 3.41. The van der Waals surface area contributed by atoms with E-state index in [0.717, 1.165) is 17.7 Å². The predicted molar refractivity (Wildman–Crippen MR) is 94.6 cm³/mol. The fourth-order valence-electron chi connectivity index (χ4n) is 2.55. The van der Waals surface area contributed by atoms with Gasteiger partial charge in [-0.1, -0.05) is 17.8 Å². The average Bonchev–Trinajstić information content (AvgIpc) is 2.57. The van der Waals surface area contributed by atoms with Crippen LogP contribution in [0.15, 0.2) is 47.7 Å². The molecular weight excluding hydrogens is 327 g/mol. The quantitative estimate of drug-likeness (QED) is 0.896. The van der Waals surface area contributed by atoms with Crippen LogP contribution in [0.2, 0.25) is 0 Å². The number of carbonyl (C=O) groups excluding carboxylic acids is 1. The highest BCUT2D eigenvalue weighted by molar-refractivity contribution is 8.13. The van der Waals surface area contributed by atoms with Crippen molar-refractivity contribution in [2.24, 2.45) is 10.7 Å². The Kier molecular flexibility index (Phi) is 4.53. The molecule has 0 saturated carbocycles. The summed E-state index contributed by atoms with van der Waals surface area (Å²) in [6.07, 6.45) is 3.82. The van der Waals surface area contributed by atoms with Crippen LogP contribution in [0.1, 0.15) is 29.3 Å². The molecule has 0 bridgehead atoms. The Balaban J connectivity index is 1.90. The van der Waals surface area contributed by atoms with Crippen LogP contribution in [0, 0.1) is 5.82 Å². The molecule has 1 aromatic carbocycles. The van der Waals surface area contributed by atoms with Gasteiger partial charge in [0.25, 0.3) is 5.91 Å². The molecule has 2 aromatic rings. The van der Waals surface area contributed by atoms with Crippen molar-refractivity contribution in [3.63, 3.8) is 0 Å². The van der Waals surface area contributed by atoms with Crippen molar-refractivity contribution < 1.29 is 9.18 Å². The molecule has 0 fully saturated rings. The summed E-state index contributed by atoms with van der Waals surface area (Å²) in [6, 6.07) is 7.80. The van der Waals surface area contributed by atoms with Crippen LogP contribution in [-0.4, -0.2) is 21.8 Å². The number of nitrogens with two attached hydrogens (primary N) is 1. The van der Waals surface area contributed by atoms with Crippen LogP contribution in [0.5, 0.6) is 0 Å². The summed E-state index contributed by atoms with van der Waals surface area (Å²) >= 11 is 1.51. The van der Waals surface area contributed by atoms with E-state index in [2.05, 4.69) is 15.3 Å². The summed E-state index contributed by atoms with van der Waals surface area (Å²) in [5.74, 6) is -0.0326. The Labute approximate surface area is 143 Å². The normalized spacial score (nSPS) is 20.3. The second-order valence-corrected chi connectivity index (χ2v) is 6.82. The van der Waals surface area contributed by atoms with E-state index in [1.807, 2.05) is 6.92 Å². The van der Waals surface area contributed by atoms with Gasteiger partial charge in [0.1, 0.15) is 5.82 Å². The van der Waals surface area contributed by atoms with Crippen molar-refractivity contribution in [2.45, 2.75) is 18.9 Å². The van der Waals surface area contributed by atoms with Crippen LogP contribution in [-0.2, 0) is 5.54 Å². The second-order valence-electron chi connectivity index (χ2n) is 5.71. The van der Waals surface area contributed by atoms with Crippen molar-refractivity contribution in [1.29, 1.82) is 0 Å². The molecule has 1 aliphatic rings. The molecule has 3 N–H and O–H groups in total. The number of hydrogen-bond donors (Lipinski definition) is 2. The zero-order valence-electron chi connectivity index (χ0n) is 13.1. The van der Waals surface area contributed by atoms with E-state index in [-0.39, 0.29) is 11.6 Å². The first-order valence-corrected chi connectivity index (χ1v) is 8.46. The van der Waals surface area contributed by atoms with Crippen LogP contribution in [0.4, 0.5) is 10.1 Å². The topological polar surface area (TPSA) is 80.4 Å². The number of benzene rings is 1. The first-order valence-electron chi connectivity index (χ1n) is 7.47. The van der Waals surface area contributed by atoms with Gasteiger partial charge in [0, 0.05) is 23.7 Å². The van der Waals surface area contributed by atoms with Crippen LogP contribution >= 0.6 is 11.8 Å². The maximum Gasteiger partial charge on any atom is 0.255 e. The highest BCUT2D eigenvalue weighted by Crippen LogP contribution is 2.36. The number of nitrogens with zero attached hydrogens (tertiary/aromatic N) is 2. The molecular formula is C17H17FN4OS. The largest absolute Gasteiger partial charge is 0.379 e. The molecule has 5 nitrogen and oxygen atoms in total. The molecule has 0 aliphatic carbocycles. The van der Waals surface area contributed by atoms with Gasteiger partial charge in [0.15, 0.2) is 5.17 Å². The number of pyridine rings is 1. The predicted octanol–water partition coefficient (Wildman–Crippen LogP) is 3.14. The van der Waals surface area contributed by atoms with Gasteiger partial charge in [-0.15, -0.1) is 0 Å². The number of aromatic nitrogens is 1. The SMILES string of the molecule is CC1(c2ccc(F)c(NC(=O)c3ccncc3)c2)CCSC(N)=N1. The average molecular weight is 344 g/mol. The summed E-state index contributed by atoms with van der Waals surface area (Å²) in [7, 11) is 0. The fraction of sp³-hybridized carbons (Fsp3) is 0.235. The summed E-state index contributed by atoms with van der Waals surface area (Å²) in [4.78, 5) is 20.6. The number of carbonyl (C=O) groups is 1. The molecule has 1 aromatic heterocycles. The Hall–Kier alpha value is -2.41. The molecule has 1 unspecified atom stereocenters. The van der Waals surface area contributed by atoms with Crippen molar-refractivity contribution in [3.8, 4) is 0 Å². The molecule has 1 amide bonds. The van der Waals surface area contributed by atoms with Gasteiger partial charge >= 0.3 is 0 Å². The number of thioether (sulfide) groups is 1. The molecule has 7 heteroatoms. The zero-order valence-corrected chi connectivity index (χ0v) is 13.9. The van der Waals surface area contributed by atoms with Gasteiger partial charge in [-0.05, 0) is 43.2 Å². The molecule has 0 spiro atoms. The van der Waals surface area contributed by atoms with E-state index in [0.29, 0.717) is 10.7 Å². The van der Waals surface area contributed by atoms with Crippen LogP contribution < -0.4 is 11.1 Å². The van der Waals surface area contributed by atoms with E-state index in [9.17, 15) is 9.18 Å². The third-order valence-electron chi connectivity index (χ3n) is 3.97. The van der Waals surface area contributed by atoms with Crippen molar-refractivity contribution in [1.82, 2.24) is 4.98 Å². The Bertz CT molecular complexity index is 796. The number of aliphatic imine (C=N–C) groups is 1. The van der Waals surface area contributed by atoms with Gasteiger partial charge in [-0.3, -0.25) is 14.8 Å². The Morgan fingerprint density at radius 3 is 2.79 bits per heavy atom. The van der Waals surface area contributed by atoms with Crippen LogP contribution in [0.3, 0.4) is 0 Å². The lowest BCUT2D eigenvalue weighted by atomic mass is 9.89. The lowest BCUT2D eigenvalue weighted by molar-refractivity contribution is 0.102.